The van der Waals surface area contributed by atoms with Gasteiger partial charge in [0.2, 0.25) is 0 Å². The molecule has 0 radical (unpaired) electrons. The lowest BCUT2D eigenvalue weighted by Crippen LogP contribution is -2.52. The molecular weight excluding hydrogens is 282 g/mol. The van der Waals surface area contributed by atoms with Crippen LogP contribution in [-0.2, 0) is 0 Å². The van der Waals surface area contributed by atoms with Gasteiger partial charge in [0.05, 0.1) is 12.2 Å². The largest absolute Gasteiger partial charge is 0.465 e. The third kappa shape index (κ3) is 2.47. The van der Waals surface area contributed by atoms with Crippen LogP contribution in [0, 0.1) is 0 Å². The normalized spacial score (nSPS) is 18.9. The van der Waals surface area contributed by atoms with Crippen LogP contribution in [0.1, 0.15) is 27.2 Å². The van der Waals surface area contributed by atoms with Gasteiger partial charge in [0, 0.05) is 31.0 Å². The van der Waals surface area contributed by atoms with Crippen molar-refractivity contribution in [1.82, 2.24) is 19.5 Å². The molecule has 0 spiro atoms. The summed E-state index contributed by atoms with van der Waals surface area (Å²) in [7, 11) is 0. The highest BCUT2D eigenvalue weighted by Crippen LogP contribution is 2.28. The van der Waals surface area contributed by atoms with E-state index in [0.717, 1.165) is 24.3 Å². The predicted molar refractivity (Wildman–Crippen MR) is 83.2 cm³/mol. The number of carbonyl (C=O) groups is 1. The van der Waals surface area contributed by atoms with Gasteiger partial charge in [0.15, 0.2) is 5.82 Å². The van der Waals surface area contributed by atoms with Crippen LogP contribution < -0.4 is 4.90 Å². The lowest BCUT2D eigenvalue weighted by atomic mass is 10.0. The van der Waals surface area contributed by atoms with Crippen LogP contribution in [0.5, 0.6) is 0 Å². The van der Waals surface area contributed by atoms with E-state index in [-0.39, 0.29) is 6.04 Å². The predicted octanol–water partition coefficient (Wildman–Crippen LogP) is 2.09. The monoisotopic (exact) mass is 303 g/mol. The first kappa shape index (κ1) is 14.6. The Morgan fingerprint density at radius 3 is 2.86 bits per heavy atom. The van der Waals surface area contributed by atoms with Gasteiger partial charge >= 0.3 is 6.09 Å². The van der Waals surface area contributed by atoms with Crippen LogP contribution in [0.15, 0.2) is 24.7 Å². The maximum atomic E-state index is 11.6. The van der Waals surface area contributed by atoms with Gasteiger partial charge < -0.3 is 10.0 Å². The average molecular weight is 303 g/mol. The Labute approximate surface area is 129 Å². The first-order valence-electron chi connectivity index (χ1n) is 7.43. The second-order valence-corrected chi connectivity index (χ2v) is 6.62. The number of rotatable bonds is 2. The molecule has 0 aliphatic carbocycles. The smallest absolute Gasteiger partial charge is 0.408 e. The van der Waals surface area contributed by atoms with Gasteiger partial charge in [-0.2, -0.15) is 5.10 Å². The Morgan fingerprint density at radius 1 is 1.41 bits per heavy atom. The molecule has 1 amide bonds. The summed E-state index contributed by atoms with van der Waals surface area (Å²) in [6.45, 7) is 7.24. The summed E-state index contributed by atoms with van der Waals surface area (Å²) in [5.41, 5.74) is 0.531. The second kappa shape index (κ2) is 5.15. The molecule has 1 saturated heterocycles. The molecule has 0 unspecified atom stereocenters. The minimum atomic E-state index is -0.866. The molecule has 0 aromatic carbocycles. The Bertz CT molecular complexity index is 691. The quantitative estimate of drug-likeness (QED) is 0.919. The van der Waals surface area contributed by atoms with Gasteiger partial charge in [-0.1, -0.05) is 0 Å². The van der Waals surface area contributed by atoms with E-state index in [0.29, 0.717) is 6.54 Å². The fourth-order valence-corrected chi connectivity index (χ4v) is 3.22. The highest BCUT2D eigenvalue weighted by Gasteiger charge is 2.37. The molecule has 1 aliphatic heterocycles. The third-order valence-electron chi connectivity index (χ3n) is 4.06. The molecule has 0 bridgehead atoms. The van der Waals surface area contributed by atoms with E-state index >= 15 is 0 Å². The average Bonchev–Trinajstić information content (AvgIpc) is 3.04. The molecule has 7 heteroatoms. The van der Waals surface area contributed by atoms with Crippen molar-refractivity contribution in [2.45, 2.75) is 38.8 Å². The van der Waals surface area contributed by atoms with Gasteiger partial charge in [0.1, 0.15) is 5.52 Å². The van der Waals surface area contributed by atoms with Gasteiger partial charge in [-0.3, -0.25) is 4.90 Å². The number of hydrogen-bond donors (Lipinski definition) is 1. The molecule has 118 valence electrons. The fraction of sp³-hybridized carbons (Fsp3) is 0.533. The number of carboxylic acid groups (broad SMARTS) is 1. The minimum absolute atomic E-state index is 0.0255. The van der Waals surface area contributed by atoms with Crippen molar-refractivity contribution in [2.75, 3.05) is 18.0 Å². The molecule has 1 fully saturated rings. The van der Waals surface area contributed by atoms with Crippen LogP contribution in [0.2, 0.25) is 0 Å². The summed E-state index contributed by atoms with van der Waals surface area (Å²) < 4.78 is 1.79. The van der Waals surface area contributed by atoms with Crippen molar-refractivity contribution in [2.24, 2.45) is 0 Å². The van der Waals surface area contributed by atoms with Gasteiger partial charge in [-0.05, 0) is 33.3 Å². The number of fused-ring (bicyclic) bond motifs is 1. The summed E-state index contributed by atoms with van der Waals surface area (Å²) in [6, 6.07) is 1.90. The lowest BCUT2D eigenvalue weighted by Gasteiger charge is -2.37. The van der Waals surface area contributed by atoms with E-state index in [1.54, 1.807) is 21.8 Å². The lowest BCUT2D eigenvalue weighted by molar-refractivity contribution is 0.0763. The number of hydrogen-bond acceptors (Lipinski definition) is 4. The summed E-state index contributed by atoms with van der Waals surface area (Å²) in [6.07, 6.45) is 5.22. The van der Waals surface area contributed by atoms with Gasteiger partial charge in [-0.15, -0.1) is 0 Å². The summed E-state index contributed by atoms with van der Waals surface area (Å²) in [5.74, 6) is 0.863. The number of amides is 1. The van der Waals surface area contributed by atoms with Crippen molar-refractivity contribution < 1.29 is 9.90 Å². The molecule has 1 N–H and O–H groups in total. The molecule has 2 aromatic heterocycles. The number of nitrogens with zero attached hydrogens (tertiary/aromatic N) is 5. The van der Waals surface area contributed by atoms with Crippen molar-refractivity contribution in [3.05, 3.63) is 24.7 Å². The molecule has 7 nitrogen and oxygen atoms in total. The topological polar surface area (TPSA) is 74.0 Å². The molecule has 0 saturated carbocycles. The van der Waals surface area contributed by atoms with Gasteiger partial charge in [-0.25, -0.2) is 14.3 Å². The fourth-order valence-electron chi connectivity index (χ4n) is 3.22. The molecule has 3 rings (SSSR count). The van der Waals surface area contributed by atoms with Gasteiger partial charge in [0.25, 0.3) is 0 Å². The second-order valence-electron chi connectivity index (χ2n) is 6.62. The minimum Gasteiger partial charge on any atom is -0.465 e. The van der Waals surface area contributed by atoms with Crippen LogP contribution in [-0.4, -0.2) is 55.4 Å². The Hall–Kier alpha value is -2.31. The first-order chi connectivity index (χ1) is 10.4. The summed E-state index contributed by atoms with van der Waals surface area (Å²) >= 11 is 0. The van der Waals surface area contributed by atoms with Crippen LogP contribution in [0.3, 0.4) is 0 Å². The van der Waals surface area contributed by atoms with E-state index in [9.17, 15) is 9.90 Å². The SMILES string of the molecule is CC(C)(C)N(C(=O)O)[C@H]1CCN(c2nccn3nccc23)C1. The Kier molecular flexibility index (Phi) is 3.42. The highest BCUT2D eigenvalue weighted by molar-refractivity contribution is 5.70. The van der Waals surface area contributed by atoms with E-state index in [1.165, 1.54) is 0 Å². The zero-order valence-electron chi connectivity index (χ0n) is 13.1. The summed E-state index contributed by atoms with van der Waals surface area (Å²) in [4.78, 5) is 19.8. The van der Waals surface area contributed by atoms with E-state index in [1.807, 2.05) is 33.0 Å². The van der Waals surface area contributed by atoms with Crippen molar-refractivity contribution in [1.29, 1.82) is 0 Å². The zero-order valence-corrected chi connectivity index (χ0v) is 13.1. The molecule has 22 heavy (non-hydrogen) atoms. The maximum Gasteiger partial charge on any atom is 0.408 e. The highest BCUT2D eigenvalue weighted by atomic mass is 16.4. The van der Waals surface area contributed by atoms with Crippen molar-refractivity contribution in [3.63, 3.8) is 0 Å². The summed E-state index contributed by atoms with van der Waals surface area (Å²) in [5, 5.41) is 13.8. The molecule has 2 aromatic rings. The van der Waals surface area contributed by atoms with Crippen LogP contribution in [0.4, 0.5) is 10.6 Å². The van der Waals surface area contributed by atoms with Crippen molar-refractivity contribution in [3.8, 4) is 0 Å². The Balaban J connectivity index is 1.86. The maximum absolute atomic E-state index is 11.6. The molecule has 1 atom stereocenters. The number of anilines is 1. The van der Waals surface area contributed by atoms with Crippen molar-refractivity contribution >= 4 is 17.4 Å². The molecule has 3 heterocycles. The Morgan fingerprint density at radius 2 is 2.18 bits per heavy atom. The number of aromatic nitrogens is 3. The van der Waals surface area contributed by atoms with Crippen LogP contribution >= 0.6 is 0 Å². The van der Waals surface area contributed by atoms with Crippen LogP contribution in [0.25, 0.3) is 5.52 Å². The molecular formula is C15H21N5O2. The van der Waals surface area contributed by atoms with E-state index < -0.39 is 11.6 Å². The zero-order chi connectivity index (χ0) is 15.9. The van der Waals surface area contributed by atoms with E-state index in [2.05, 4.69) is 15.0 Å². The standard InChI is InChI=1S/C15H21N5O2/c1-15(2,3)20(14(21)22)11-5-8-18(10-11)13-12-4-6-17-19(12)9-7-16-13/h4,6-7,9,11H,5,8,10H2,1-3H3,(H,21,22)/t11-/m0/s1. The first-order valence-corrected chi connectivity index (χ1v) is 7.43. The van der Waals surface area contributed by atoms with E-state index in [4.69, 9.17) is 0 Å². The molecule has 1 aliphatic rings. The third-order valence-corrected chi connectivity index (χ3v) is 4.06.